The van der Waals surface area contributed by atoms with Gasteiger partial charge < -0.3 is 9.67 Å². The predicted molar refractivity (Wildman–Crippen MR) is 80.3 cm³/mol. The molecule has 2 fully saturated rings. The van der Waals surface area contributed by atoms with E-state index in [9.17, 15) is 23.1 Å². The molecule has 0 bridgehead atoms. The fraction of sp³-hybridized carbons (Fsp3) is 0.750. The molecular formula is C16H22F3N3O2. The summed E-state index contributed by atoms with van der Waals surface area (Å²) >= 11 is 0. The molecule has 1 unspecified atom stereocenters. The highest BCUT2D eigenvalue weighted by atomic mass is 19.4. The Kier molecular flexibility index (Phi) is 4.59. The van der Waals surface area contributed by atoms with Crippen molar-refractivity contribution >= 4 is 5.97 Å². The second-order valence-electron chi connectivity index (χ2n) is 7.11. The van der Waals surface area contributed by atoms with Crippen molar-refractivity contribution in [2.75, 3.05) is 6.54 Å². The van der Waals surface area contributed by atoms with E-state index < -0.39 is 24.7 Å². The lowest BCUT2D eigenvalue weighted by Crippen LogP contribution is -2.36. The fourth-order valence-corrected chi connectivity index (χ4v) is 4.23. The first kappa shape index (κ1) is 17.3. The number of hydrogen-bond donors (Lipinski definition) is 1. The van der Waals surface area contributed by atoms with Gasteiger partial charge in [0.2, 0.25) is 0 Å². The van der Waals surface area contributed by atoms with E-state index in [0.717, 1.165) is 30.3 Å². The Morgan fingerprint density at radius 3 is 2.67 bits per heavy atom. The van der Waals surface area contributed by atoms with Gasteiger partial charge in [0.05, 0.1) is 6.54 Å². The smallest absolute Gasteiger partial charge is 0.406 e. The number of carboxylic acid groups (broad SMARTS) is 1. The van der Waals surface area contributed by atoms with E-state index in [2.05, 4.69) is 4.98 Å². The van der Waals surface area contributed by atoms with Crippen LogP contribution >= 0.6 is 0 Å². The summed E-state index contributed by atoms with van der Waals surface area (Å²) in [6.07, 6.45) is 4.28. The van der Waals surface area contributed by atoms with Crippen molar-refractivity contribution in [2.24, 2.45) is 5.41 Å². The van der Waals surface area contributed by atoms with Gasteiger partial charge >= 0.3 is 12.1 Å². The largest absolute Gasteiger partial charge is 0.480 e. The van der Waals surface area contributed by atoms with Gasteiger partial charge in [-0.05, 0) is 24.7 Å². The first-order valence-electron chi connectivity index (χ1n) is 8.32. The van der Waals surface area contributed by atoms with Crippen LogP contribution in [-0.2, 0) is 17.9 Å². The summed E-state index contributed by atoms with van der Waals surface area (Å²) in [7, 11) is 0. The maximum absolute atomic E-state index is 12.6. The second kappa shape index (κ2) is 6.38. The molecule has 5 nitrogen and oxygen atoms in total. The third kappa shape index (κ3) is 3.74. The Labute approximate surface area is 138 Å². The molecule has 134 valence electrons. The lowest BCUT2D eigenvalue weighted by molar-refractivity contribution is -0.144. The number of aliphatic carboxylic acids is 1. The van der Waals surface area contributed by atoms with Crippen LogP contribution in [0.2, 0.25) is 0 Å². The molecule has 1 saturated heterocycles. The van der Waals surface area contributed by atoms with E-state index >= 15 is 0 Å². The Bertz CT molecular complexity index is 594. The van der Waals surface area contributed by atoms with E-state index in [1.807, 2.05) is 0 Å². The van der Waals surface area contributed by atoms with Crippen LogP contribution in [0.4, 0.5) is 13.2 Å². The number of alkyl halides is 3. The van der Waals surface area contributed by atoms with Gasteiger partial charge in [-0.15, -0.1) is 0 Å². The Morgan fingerprint density at radius 2 is 2.04 bits per heavy atom. The van der Waals surface area contributed by atoms with Crippen LogP contribution in [0, 0.1) is 5.41 Å². The molecule has 0 amide bonds. The molecule has 1 aromatic rings. The molecular weight excluding hydrogens is 323 g/mol. The molecule has 1 aliphatic carbocycles. The monoisotopic (exact) mass is 345 g/mol. The van der Waals surface area contributed by atoms with Crippen LogP contribution in [0.25, 0.3) is 0 Å². The highest BCUT2D eigenvalue weighted by Crippen LogP contribution is 2.46. The summed E-state index contributed by atoms with van der Waals surface area (Å²) in [5.41, 5.74) is 0.00273. The number of likely N-dealkylation sites (tertiary alicyclic amines) is 1. The summed E-state index contributed by atoms with van der Waals surface area (Å²) < 4.78 is 39.0. The average Bonchev–Trinajstić information content (AvgIpc) is 3.04. The van der Waals surface area contributed by atoms with Crippen molar-refractivity contribution in [2.45, 2.75) is 63.8 Å². The number of carboxylic acids is 1. The van der Waals surface area contributed by atoms with Gasteiger partial charge in [0, 0.05) is 18.9 Å². The van der Waals surface area contributed by atoms with Crippen LogP contribution in [0.1, 0.15) is 44.3 Å². The van der Waals surface area contributed by atoms with E-state index in [0.29, 0.717) is 13.0 Å². The van der Waals surface area contributed by atoms with E-state index in [1.54, 1.807) is 4.90 Å². The predicted octanol–water partition coefficient (Wildman–Crippen LogP) is 3.05. The number of imidazole rings is 1. The van der Waals surface area contributed by atoms with Crippen LogP contribution < -0.4 is 0 Å². The summed E-state index contributed by atoms with van der Waals surface area (Å²) in [5, 5.41) is 9.53. The van der Waals surface area contributed by atoms with Crippen molar-refractivity contribution in [3.63, 3.8) is 0 Å². The minimum Gasteiger partial charge on any atom is -0.480 e. The second-order valence-corrected chi connectivity index (χ2v) is 7.11. The summed E-state index contributed by atoms with van der Waals surface area (Å²) in [5.74, 6) is -0.627. The minimum absolute atomic E-state index is 0.00273. The molecule has 2 aliphatic rings. The van der Waals surface area contributed by atoms with Gasteiger partial charge in [0.15, 0.2) is 0 Å². The lowest BCUT2D eigenvalue weighted by atomic mass is 9.73. The number of halogens is 3. The third-order valence-corrected chi connectivity index (χ3v) is 5.30. The highest BCUT2D eigenvalue weighted by molar-refractivity contribution is 5.74. The molecule has 1 spiro atoms. The minimum atomic E-state index is -4.32. The maximum Gasteiger partial charge on any atom is 0.406 e. The van der Waals surface area contributed by atoms with E-state index in [1.165, 1.54) is 18.8 Å². The van der Waals surface area contributed by atoms with Gasteiger partial charge in [0.25, 0.3) is 0 Å². The number of rotatable bonds is 4. The zero-order valence-corrected chi connectivity index (χ0v) is 13.4. The van der Waals surface area contributed by atoms with Gasteiger partial charge in [-0.2, -0.15) is 13.2 Å². The van der Waals surface area contributed by atoms with Crippen molar-refractivity contribution in [1.29, 1.82) is 0 Å². The average molecular weight is 345 g/mol. The summed E-state index contributed by atoms with van der Waals surface area (Å²) in [6, 6.07) is -0.640. The number of hydrogen-bond acceptors (Lipinski definition) is 3. The summed E-state index contributed by atoms with van der Waals surface area (Å²) in [6.45, 7) is -0.330. The SMILES string of the molecule is O=C(O)C1CC2(CCCCC2)CN1Cc1nccn1CC(F)(F)F. The molecule has 0 aromatic carbocycles. The zero-order chi connectivity index (χ0) is 17.4. The molecule has 1 aromatic heterocycles. The molecule has 24 heavy (non-hydrogen) atoms. The molecule has 1 N–H and O–H groups in total. The number of nitrogens with zero attached hydrogens (tertiary/aromatic N) is 3. The van der Waals surface area contributed by atoms with Crippen molar-refractivity contribution in [1.82, 2.24) is 14.5 Å². The molecule has 1 saturated carbocycles. The Hall–Kier alpha value is -1.57. The molecule has 1 atom stereocenters. The molecule has 0 radical (unpaired) electrons. The van der Waals surface area contributed by atoms with Gasteiger partial charge in [-0.3, -0.25) is 9.69 Å². The number of carbonyl (C=O) groups is 1. The van der Waals surface area contributed by atoms with Crippen molar-refractivity contribution < 1.29 is 23.1 Å². The quantitative estimate of drug-likeness (QED) is 0.911. The highest BCUT2D eigenvalue weighted by Gasteiger charge is 2.47. The molecule has 8 heteroatoms. The van der Waals surface area contributed by atoms with Crippen LogP contribution in [0.15, 0.2) is 12.4 Å². The van der Waals surface area contributed by atoms with E-state index in [-0.39, 0.29) is 17.8 Å². The topological polar surface area (TPSA) is 58.4 Å². The van der Waals surface area contributed by atoms with Gasteiger partial charge in [-0.1, -0.05) is 19.3 Å². The molecule has 3 rings (SSSR count). The van der Waals surface area contributed by atoms with Gasteiger partial charge in [0.1, 0.15) is 18.4 Å². The van der Waals surface area contributed by atoms with Crippen LogP contribution in [-0.4, -0.2) is 44.3 Å². The third-order valence-electron chi connectivity index (χ3n) is 5.30. The van der Waals surface area contributed by atoms with Crippen LogP contribution in [0.3, 0.4) is 0 Å². The zero-order valence-electron chi connectivity index (χ0n) is 13.4. The van der Waals surface area contributed by atoms with Crippen LogP contribution in [0.5, 0.6) is 0 Å². The Morgan fingerprint density at radius 1 is 1.33 bits per heavy atom. The summed E-state index contributed by atoms with van der Waals surface area (Å²) in [4.78, 5) is 17.4. The standard InChI is InChI=1S/C16H22F3N3O2/c17-16(18,19)11-21-7-6-20-13(21)9-22-10-15(4-2-1-3-5-15)8-12(22)14(23)24/h6-7,12H,1-5,8-11H2,(H,23,24). The fourth-order valence-electron chi connectivity index (χ4n) is 4.23. The first-order chi connectivity index (χ1) is 11.3. The first-order valence-corrected chi connectivity index (χ1v) is 8.32. The maximum atomic E-state index is 12.6. The van der Waals surface area contributed by atoms with E-state index in [4.69, 9.17) is 0 Å². The van der Waals surface area contributed by atoms with Crippen molar-refractivity contribution in [3.05, 3.63) is 18.2 Å². The Balaban J connectivity index is 1.76. The molecule has 1 aliphatic heterocycles. The number of aromatic nitrogens is 2. The van der Waals surface area contributed by atoms with Gasteiger partial charge in [-0.25, -0.2) is 4.98 Å². The lowest BCUT2D eigenvalue weighted by Gasteiger charge is -2.33. The normalized spacial score (nSPS) is 24.5. The molecule has 2 heterocycles. The van der Waals surface area contributed by atoms with Crippen molar-refractivity contribution in [3.8, 4) is 0 Å².